The fourth-order valence-electron chi connectivity index (χ4n) is 3.94. The van der Waals surface area contributed by atoms with Crippen molar-refractivity contribution in [3.05, 3.63) is 62.4 Å². The number of benzene rings is 2. The van der Waals surface area contributed by atoms with Crippen LogP contribution >= 0.6 is 15.9 Å². The maximum Gasteiger partial charge on any atom is 0.261 e. The van der Waals surface area contributed by atoms with Crippen LogP contribution in [0.5, 0.6) is 11.5 Å². The van der Waals surface area contributed by atoms with Gasteiger partial charge in [-0.25, -0.2) is 0 Å². The lowest BCUT2D eigenvalue weighted by Gasteiger charge is -2.19. The van der Waals surface area contributed by atoms with Crippen molar-refractivity contribution in [3.8, 4) is 11.5 Å². The number of aromatic nitrogens is 1. The summed E-state index contributed by atoms with van der Waals surface area (Å²) in [6.07, 6.45) is 2.51. The third-order valence-electron chi connectivity index (χ3n) is 5.20. The highest BCUT2D eigenvalue weighted by molar-refractivity contribution is 9.10. The number of pyridine rings is 1. The lowest BCUT2D eigenvalue weighted by Crippen LogP contribution is -2.24. The first-order valence-corrected chi connectivity index (χ1v) is 9.89. The number of halogens is 1. The number of nitrogens with zero attached hydrogens (tertiary/aromatic N) is 1. The van der Waals surface area contributed by atoms with Crippen molar-refractivity contribution >= 4 is 38.4 Å². The summed E-state index contributed by atoms with van der Waals surface area (Å²) in [4.78, 5) is 26.0. The molecule has 0 saturated carbocycles. The molecule has 142 valence electrons. The van der Waals surface area contributed by atoms with Crippen LogP contribution in [0.3, 0.4) is 0 Å². The highest BCUT2D eigenvalue weighted by Gasteiger charge is 2.25. The molecule has 2 aromatic carbocycles. The molecule has 0 saturated heterocycles. The average molecular weight is 441 g/mol. The third kappa shape index (κ3) is 2.69. The van der Waals surface area contributed by atoms with Gasteiger partial charge in [0.2, 0.25) is 5.43 Å². The molecule has 3 aromatic rings. The van der Waals surface area contributed by atoms with Crippen LogP contribution in [0.2, 0.25) is 0 Å². The molecule has 28 heavy (non-hydrogen) atoms. The summed E-state index contributed by atoms with van der Waals surface area (Å²) in [6.45, 7) is 3.06. The number of hydrogen-bond donors (Lipinski definition) is 1. The van der Waals surface area contributed by atoms with Crippen LogP contribution in [0.4, 0.5) is 5.69 Å². The molecule has 5 rings (SSSR count). The Hall–Kier alpha value is -2.80. The number of amides is 1. The van der Waals surface area contributed by atoms with Gasteiger partial charge < -0.3 is 19.4 Å². The number of carbonyl (C=O) groups excluding carboxylic acids is 1. The molecule has 0 bridgehead atoms. The van der Waals surface area contributed by atoms with Gasteiger partial charge in [-0.3, -0.25) is 9.59 Å². The molecule has 0 aliphatic carbocycles. The fraction of sp³-hybridized carbons (Fsp3) is 0.238. The average Bonchev–Trinajstić information content (AvgIpc) is 2.99. The van der Waals surface area contributed by atoms with E-state index in [0.29, 0.717) is 35.8 Å². The van der Waals surface area contributed by atoms with Crippen molar-refractivity contribution < 1.29 is 14.3 Å². The number of fused-ring (bicyclic) bond motifs is 1. The van der Waals surface area contributed by atoms with Gasteiger partial charge in [0, 0.05) is 33.9 Å². The topological polar surface area (TPSA) is 69.6 Å². The molecule has 2 aliphatic heterocycles. The first-order chi connectivity index (χ1) is 13.5. The molecule has 1 N–H and O–H groups in total. The minimum atomic E-state index is -0.437. The molecular weight excluding hydrogens is 424 g/mol. The van der Waals surface area contributed by atoms with E-state index in [0.717, 1.165) is 22.0 Å². The Morgan fingerprint density at radius 3 is 2.79 bits per heavy atom. The van der Waals surface area contributed by atoms with Crippen molar-refractivity contribution in [2.24, 2.45) is 0 Å². The monoisotopic (exact) mass is 440 g/mol. The predicted octanol–water partition coefficient (Wildman–Crippen LogP) is 3.90. The lowest BCUT2D eigenvalue weighted by atomic mass is 10.1. The fourth-order valence-corrected chi connectivity index (χ4v) is 4.45. The summed E-state index contributed by atoms with van der Waals surface area (Å²) in [5.41, 5.74) is 2.45. The molecule has 7 heteroatoms. The van der Waals surface area contributed by atoms with E-state index in [1.54, 1.807) is 30.5 Å². The molecule has 1 aromatic heterocycles. The smallest absolute Gasteiger partial charge is 0.261 e. The zero-order valence-electron chi connectivity index (χ0n) is 15.1. The van der Waals surface area contributed by atoms with Gasteiger partial charge in [0.25, 0.3) is 5.91 Å². The molecule has 6 nitrogen and oxygen atoms in total. The predicted molar refractivity (Wildman–Crippen MR) is 110 cm³/mol. The van der Waals surface area contributed by atoms with Crippen molar-refractivity contribution in [2.75, 3.05) is 18.5 Å². The Morgan fingerprint density at radius 1 is 1.18 bits per heavy atom. The van der Waals surface area contributed by atoms with E-state index in [1.165, 1.54) is 0 Å². The first kappa shape index (κ1) is 17.3. The van der Waals surface area contributed by atoms with Crippen LogP contribution in [0, 0.1) is 0 Å². The quantitative estimate of drug-likeness (QED) is 0.655. The molecule has 2 aliphatic rings. The van der Waals surface area contributed by atoms with E-state index < -0.39 is 5.91 Å². The van der Waals surface area contributed by atoms with Gasteiger partial charge in [-0.1, -0.05) is 15.9 Å². The standard InChI is InChI=1S/C21H17BrN2O4/c1-11-6-12-7-13(22)8-15-19(12)24(11)10-16(20(15)25)21(26)23-14-2-3-17-18(9-14)28-5-4-27-17/h2-3,7-11H,4-6H2,1H3,(H,23,26)/t11-/m0/s1. The molecule has 1 amide bonds. The highest BCUT2D eigenvalue weighted by Crippen LogP contribution is 2.34. The van der Waals surface area contributed by atoms with Gasteiger partial charge in [0.15, 0.2) is 11.5 Å². The Labute approximate surface area is 169 Å². The van der Waals surface area contributed by atoms with E-state index in [2.05, 4.69) is 28.2 Å². The summed E-state index contributed by atoms with van der Waals surface area (Å²) in [6, 6.07) is 9.21. The summed E-state index contributed by atoms with van der Waals surface area (Å²) in [7, 11) is 0. The summed E-state index contributed by atoms with van der Waals surface area (Å²) < 4.78 is 13.9. The summed E-state index contributed by atoms with van der Waals surface area (Å²) in [5.74, 6) is 0.794. The molecule has 0 radical (unpaired) electrons. The van der Waals surface area contributed by atoms with Crippen LogP contribution in [0.25, 0.3) is 10.9 Å². The molecule has 0 unspecified atom stereocenters. The van der Waals surface area contributed by atoms with Crippen LogP contribution < -0.4 is 20.2 Å². The van der Waals surface area contributed by atoms with Gasteiger partial charge >= 0.3 is 0 Å². The molecule has 0 fully saturated rings. The molecule has 3 heterocycles. The van der Waals surface area contributed by atoms with Gasteiger partial charge in [-0.15, -0.1) is 0 Å². The van der Waals surface area contributed by atoms with E-state index >= 15 is 0 Å². The van der Waals surface area contributed by atoms with Crippen molar-refractivity contribution in [2.45, 2.75) is 19.4 Å². The zero-order chi connectivity index (χ0) is 19.4. The van der Waals surface area contributed by atoms with E-state index in [4.69, 9.17) is 9.47 Å². The lowest BCUT2D eigenvalue weighted by molar-refractivity contribution is 0.102. The Morgan fingerprint density at radius 2 is 1.96 bits per heavy atom. The van der Waals surface area contributed by atoms with E-state index in [9.17, 15) is 9.59 Å². The second-order valence-corrected chi connectivity index (χ2v) is 8.02. The Bertz CT molecular complexity index is 1200. The van der Waals surface area contributed by atoms with Gasteiger partial charge in [-0.05, 0) is 43.2 Å². The number of rotatable bonds is 2. The van der Waals surface area contributed by atoms with Crippen molar-refractivity contribution in [3.63, 3.8) is 0 Å². The second kappa shape index (κ2) is 6.38. The van der Waals surface area contributed by atoms with Gasteiger partial charge in [0.1, 0.15) is 18.8 Å². The van der Waals surface area contributed by atoms with E-state index in [1.807, 2.05) is 10.6 Å². The number of anilines is 1. The number of hydrogen-bond acceptors (Lipinski definition) is 4. The normalized spacial score (nSPS) is 17.0. The zero-order valence-corrected chi connectivity index (χ0v) is 16.7. The minimum absolute atomic E-state index is 0.125. The molecular formula is C21H17BrN2O4. The first-order valence-electron chi connectivity index (χ1n) is 9.09. The Balaban J connectivity index is 1.56. The van der Waals surface area contributed by atoms with Crippen LogP contribution in [0.15, 0.2) is 45.8 Å². The second-order valence-electron chi connectivity index (χ2n) is 7.11. The summed E-state index contributed by atoms with van der Waals surface area (Å²) >= 11 is 3.48. The molecule has 0 spiro atoms. The maximum atomic E-state index is 13.0. The number of ether oxygens (including phenoxy) is 2. The largest absolute Gasteiger partial charge is 0.486 e. The van der Waals surface area contributed by atoms with Gasteiger partial charge in [0.05, 0.1) is 5.52 Å². The van der Waals surface area contributed by atoms with Crippen molar-refractivity contribution in [1.29, 1.82) is 0 Å². The van der Waals surface area contributed by atoms with Crippen LogP contribution in [-0.4, -0.2) is 23.7 Å². The van der Waals surface area contributed by atoms with Crippen molar-refractivity contribution in [1.82, 2.24) is 4.57 Å². The maximum absolute atomic E-state index is 13.0. The minimum Gasteiger partial charge on any atom is -0.486 e. The van der Waals surface area contributed by atoms with E-state index in [-0.39, 0.29) is 17.0 Å². The van der Waals surface area contributed by atoms with Gasteiger partial charge in [-0.2, -0.15) is 0 Å². The van der Waals surface area contributed by atoms with Crippen LogP contribution in [-0.2, 0) is 6.42 Å². The summed E-state index contributed by atoms with van der Waals surface area (Å²) in [5, 5.41) is 3.37. The van der Waals surface area contributed by atoms with Crippen LogP contribution in [0.1, 0.15) is 28.9 Å². The molecule has 1 atom stereocenters. The highest BCUT2D eigenvalue weighted by atomic mass is 79.9. The third-order valence-corrected chi connectivity index (χ3v) is 5.66. The number of nitrogens with one attached hydrogen (secondary N) is 1. The SMILES string of the molecule is C[C@H]1Cc2cc(Br)cc3c(=O)c(C(=O)Nc4ccc5c(c4)OCCO5)cn1c23. The number of carbonyl (C=O) groups is 1. The Kier molecular flexibility index (Phi) is 3.94.